The molecule has 5 heteroatoms. The summed E-state index contributed by atoms with van der Waals surface area (Å²) in [5.74, 6) is 1.90. The molecule has 0 radical (unpaired) electrons. The normalized spacial score (nSPS) is 20.8. The van der Waals surface area contributed by atoms with Crippen molar-refractivity contribution in [2.45, 2.75) is 33.1 Å². The quantitative estimate of drug-likeness (QED) is 0.832. The van der Waals surface area contributed by atoms with E-state index in [1.54, 1.807) is 0 Å². The van der Waals surface area contributed by atoms with Crippen LogP contribution in [0.3, 0.4) is 0 Å². The van der Waals surface area contributed by atoms with Crippen molar-refractivity contribution in [3.63, 3.8) is 0 Å². The van der Waals surface area contributed by atoms with E-state index in [9.17, 15) is 0 Å². The van der Waals surface area contributed by atoms with Crippen molar-refractivity contribution in [2.75, 3.05) is 18.0 Å². The predicted molar refractivity (Wildman–Crippen MR) is 79.1 cm³/mol. The number of nitrogens with two attached hydrogens (primary N) is 1. The first-order chi connectivity index (χ1) is 8.50. The molecule has 0 aliphatic carbocycles. The monoisotopic (exact) mass is 266 g/mol. The molecule has 1 unspecified atom stereocenters. The largest absolute Gasteiger partial charge is 0.389 e. The average molecular weight is 266 g/mol. The summed E-state index contributed by atoms with van der Waals surface area (Å²) in [4.78, 5) is 2.84. The molecule has 0 aromatic carbocycles. The van der Waals surface area contributed by atoms with Crippen LogP contribution in [0.5, 0.6) is 0 Å². The second-order valence-electron chi connectivity index (χ2n) is 5.29. The molecule has 4 nitrogen and oxygen atoms in total. The van der Waals surface area contributed by atoms with E-state index >= 15 is 0 Å². The van der Waals surface area contributed by atoms with E-state index in [1.165, 1.54) is 19.3 Å². The van der Waals surface area contributed by atoms with Gasteiger partial charge in [-0.2, -0.15) is 5.10 Å². The van der Waals surface area contributed by atoms with Gasteiger partial charge in [-0.25, -0.2) is 0 Å². The van der Waals surface area contributed by atoms with Gasteiger partial charge < -0.3 is 10.6 Å². The Morgan fingerprint density at radius 2 is 2.11 bits per heavy atom. The summed E-state index contributed by atoms with van der Waals surface area (Å²) in [6, 6.07) is 0. The number of rotatable bonds is 2. The summed E-state index contributed by atoms with van der Waals surface area (Å²) < 4.78 is 1.92. The number of aryl methyl sites for hydroxylation is 2. The lowest BCUT2D eigenvalue weighted by molar-refractivity contribution is 0.520. The Balaban J connectivity index is 2.34. The Bertz CT molecular complexity index is 452. The molecule has 0 bridgehead atoms. The fraction of sp³-hybridized carbons (Fsp3) is 0.692. The fourth-order valence-corrected chi connectivity index (χ4v) is 3.01. The van der Waals surface area contributed by atoms with Crippen LogP contribution in [-0.4, -0.2) is 27.9 Å². The molecule has 2 N–H and O–H groups in total. The third-order valence-corrected chi connectivity index (χ3v) is 3.96. The van der Waals surface area contributed by atoms with Gasteiger partial charge in [0.25, 0.3) is 0 Å². The van der Waals surface area contributed by atoms with E-state index in [4.69, 9.17) is 18.0 Å². The molecule has 1 aliphatic rings. The van der Waals surface area contributed by atoms with Gasteiger partial charge in [-0.05, 0) is 32.1 Å². The summed E-state index contributed by atoms with van der Waals surface area (Å²) in [5, 5.41) is 4.46. The van der Waals surface area contributed by atoms with Crippen LogP contribution < -0.4 is 10.6 Å². The molecule has 100 valence electrons. The Morgan fingerprint density at radius 1 is 1.39 bits per heavy atom. The molecule has 0 saturated carbocycles. The standard InChI is InChI=1S/C13H22N4S/c1-9-5-4-7-17(8-6-9)13-11(12(14)18)10(2)15-16(13)3/h9H,4-8H2,1-3H3,(H2,14,18). The lowest BCUT2D eigenvalue weighted by Crippen LogP contribution is -2.29. The highest BCUT2D eigenvalue weighted by atomic mass is 32.1. The zero-order valence-corrected chi connectivity index (χ0v) is 12.3. The first-order valence-corrected chi connectivity index (χ1v) is 7.00. The summed E-state index contributed by atoms with van der Waals surface area (Å²) in [7, 11) is 1.97. The van der Waals surface area contributed by atoms with Crippen LogP contribution in [0.25, 0.3) is 0 Å². The van der Waals surface area contributed by atoms with E-state index in [0.29, 0.717) is 4.99 Å². The lowest BCUT2D eigenvalue weighted by Gasteiger charge is -2.24. The van der Waals surface area contributed by atoms with E-state index in [2.05, 4.69) is 16.9 Å². The first kappa shape index (κ1) is 13.3. The van der Waals surface area contributed by atoms with E-state index in [1.807, 2.05) is 18.7 Å². The summed E-state index contributed by atoms with van der Waals surface area (Å²) >= 11 is 5.17. The summed E-state index contributed by atoms with van der Waals surface area (Å²) in [6.45, 7) is 6.43. The average Bonchev–Trinajstić information content (AvgIpc) is 2.46. The molecule has 1 fully saturated rings. The highest BCUT2D eigenvalue weighted by Gasteiger charge is 2.23. The number of hydrogen-bond acceptors (Lipinski definition) is 3. The van der Waals surface area contributed by atoms with Crippen molar-refractivity contribution in [3.8, 4) is 0 Å². The van der Waals surface area contributed by atoms with Crippen molar-refractivity contribution in [1.29, 1.82) is 0 Å². The second kappa shape index (κ2) is 5.26. The lowest BCUT2D eigenvalue weighted by atomic mass is 10.0. The van der Waals surface area contributed by atoms with Crippen molar-refractivity contribution in [2.24, 2.45) is 18.7 Å². The zero-order valence-electron chi connectivity index (χ0n) is 11.4. The summed E-state index contributed by atoms with van der Waals surface area (Å²) in [6.07, 6.45) is 3.75. The van der Waals surface area contributed by atoms with Gasteiger partial charge in [-0.1, -0.05) is 19.1 Å². The smallest absolute Gasteiger partial charge is 0.137 e. The van der Waals surface area contributed by atoms with Crippen molar-refractivity contribution in [3.05, 3.63) is 11.3 Å². The van der Waals surface area contributed by atoms with E-state index in [0.717, 1.165) is 36.1 Å². The molecule has 18 heavy (non-hydrogen) atoms. The van der Waals surface area contributed by atoms with Crippen LogP contribution in [0, 0.1) is 12.8 Å². The molecule has 1 atom stereocenters. The van der Waals surface area contributed by atoms with Crippen LogP contribution in [0.2, 0.25) is 0 Å². The molecule has 0 amide bonds. The van der Waals surface area contributed by atoms with Crippen LogP contribution in [0.4, 0.5) is 5.82 Å². The maximum absolute atomic E-state index is 5.85. The molecule has 1 aromatic heterocycles. The van der Waals surface area contributed by atoms with E-state index in [-0.39, 0.29) is 0 Å². The van der Waals surface area contributed by atoms with Crippen molar-refractivity contribution < 1.29 is 0 Å². The minimum absolute atomic E-state index is 0.452. The van der Waals surface area contributed by atoms with Crippen LogP contribution in [-0.2, 0) is 7.05 Å². The molecule has 0 spiro atoms. The van der Waals surface area contributed by atoms with Crippen molar-refractivity contribution in [1.82, 2.24) is 9.78 Å². The van der Waals surface area contributed by atoms with Gasteiger partial charge >= 0.3 is 0 Å². The van der Waals surface area contributed by atoms with E-state index < -0.39 is 0 Å². The van der Waals surface area contributed by atoms with Crippen LogP contribution in [0.15, 0.2) is 0 Å². The van der Waals surface area contributed by atoms with Crippen LogP contribution >= 0.6 is 12.2 Å². The molecule has 1 aromatic rings. The number of aromatic nitrogens is 2. The Hall–Kier alpha value is -1.10. The molecule has 1 saturated heterocycles. The first-order valence-electron chi connectivity index (χ1n) is 6.59. The number of nitrogens with zero attached hydrogens (tertiary/aromatic N) is 3. The minimum Gasteiger partial charge on any atom is -0.389 e. The minimum atomic E-state index is 0.452. The molecule has 2 rings (SSSR count). The topological polar surface area (TPSA) is 47.1 Å². The number of thiocarbonyl (C=S) groups is 1. The van der Waals surface area contributed by atoms with Gasteiger partial charge in [0, 0.05) is 20.1 Å². The predicted octanol–water partition coefficient (Wildman–Crippen LogP) is 1.99. The number of hydrogen-bond donors (Lipinski definition) is 1. The van der Waals surface area contributed by atoms with Gasteiger partial charge in [0.15, 0.2) is 0 Å². The second-order valence-corrected chi connectivity index (χ2v) is 5.73. The van der Waals surface area contributed by atoms with Crippen LogP contribution in [0.1, 0.15) is 37.4 Å². The van der Waals surface area contributed by atoms with Gasteiger partial charge in [-0.3, -0.25) is 4.68 Å². The maximum Gasteiger partial charge on any atom is 0.137 e. The van der Waals surface area contributed by atoms with Gasteiger partial charge in [0.2, 0.25) is 0 Å². The SMILES string of the molecule is Cc1nn(C)c(N2CCCC(C)CC2)c1C(N)=S. The molecular weight excluding hydrogens is 244 g/mol. The Labute approximate surface area is 114 Å². The zero-order chi connectivity index (χ0) is 13.3. The van der Waals surface area contributed by atoms with Crippen molar-refractivity contribution >= 4 is 23.0 Å². The fourth-order valence-electron chi connectivity index (χ4n) is 2.77. The maximum atomic E-state index is 5.85. The Kier molecular flexibility index (Phi) is 3.90. The molecular formula is C13H22N4S. The highest BCUT2D eigenvalue weighted by molar-refractivity contribution is 7.80. The third-order valence-electron chi connectivity index (χ3n) is 3.75. The Morgan fingerprint density at radius 3 is 2.78 bits per heavy atom. The third kappa shape index (κ3) is 2.51. The summed E-state index contributed by atoms with van der Waals surface area (Å²) in [5.41, 5.74) is 7.73. The highest BCUT2D eigenvalue weighted by Crippen LogP contribution is 2.27. The van der Waals surface area contributed by atoms with Gasteiger partial charge in [0.05, 0.1) is 11.3 Å². The molecule has 1 aliphatic heterocycles. The van der Waals surface area contributed by atoms with Gasteiger partial charge in [-0.15, -0.1) is 0 Å². The van der Waals surface area contributed by atoms with Gasteiger partial charge in [0.1, 0.15) is 10.8 Å². The number of anilines is 1. The molecule has 2 heterocycles.